The van der Waals surface area contributed by atoms with Crippen LogP contribution in [0.3, 0.4) is 0 Å². The van der Waals surface area contributed by atoms with Crippen LogP contribution in [0.15, 0.2) is 64.5 Å². The van der Waals surface area contributed by atoms with Crippen molar-refractivity contribution in [3.05, 3.63) is 86.6 Å². The molecule has 0 saturated heterocycles. The molecule has 132 valence electrons. The second-order valence-electron chi connectivity index (χ2n) is 5.83. The summed E-state index contributed by atoms with van der Waals surface area (Å²) in [6.45, 7) is 6.22. The molecule has 2 aromatic carbocycles. The zero-order chi connectivity index (χ0) is 18.7. The smallest absolute Gasteiger partial charge is 0.343 e. The number of pyridine rings is 1. The summed E-state index contributed by atoms with van der Waals surface area (Å²) in [6, 6.07) is 13.5. The van der Waals surface area contributed by atoms with Gasteiger partial charge in [0.15, 0.2) is 0 Å². The van der Waals surface area contributed by atoms with Crippen LogP contribution in [0.4, 0.5) is 0 Å². The molecule has 5 heteroatoms. The number of benzene rings is 2. The largest absolute Gasteiger partial charge is 0.462 e. The molecule has 4 nitrogen and oxygen atoms in total. The third-order valence-corrected chi connectivity index (χ3v) is 4.60. The molecular formula is C21H18BrNO3. The summed E-state index contributed by atoms with van der Waals surface area (Å²) in [4.78, 5) is 25.0. The maximum atomic E-state index is 12.7. The van der Waals surface area contributed by atoms with Gasteiger partial charge < -0.3 is 9.30 Å². The summed E-state index contributed by atoms with van der Waals surface area (Å²) in [5.41, 5.74) is 2.57. The van der Waals surface area contributed by atoms with Crippen LogP contribution in [0.2, 0.25) is 0 Å². The van der Waals surface area contributed by atoms with Gasteiger partial charge in [-0.05, 0) is 36.2 Å². The highest BCUT2D eigenvalue weighted by molar-refractivity contribution is 9.10. The van der Waals surface area contributed by atoms with E-state index in [1.807, 2.05) is 41.0 Å². The highest BCUT2D eigenvalue weighted by atomic mass is 79.9. The zero-order valence-corrected chi connectivity index (χ0v) is 16.0. The van der Waals surface area contributed by atoms with Crippen molar-refractivity contribution < 1.29 is 9.53 Å². The van der Waals surface area contributed by atoms with Crippen LogP contribution >= 0.6 is 15.9 Å². The van der Waals surface area contributed by atoms with Gasteiger partial charge in [0.25, 0.3) is 0 Å². The van der Waals surface area contributed by atoms with Gasteiger partial charge in [0.05, 0.1) is 12.1 Å². The molecule has 0 saturated carbocycles. The van der Waals surface area contributed by atoms with E-state index in [-0.39, 0.29) is 17.6 Å². The molecule has 0 fully saturated rings. The number of halogens is 1. The van der Waals surface area contributed by atoms with Crippen LogP contribution in [-0.2, 0) is 11.3 Å². The van der Waals surface area contributed by atoms with Crippen LogP contribution < -0.4 is 5.43 Å². The molecule has 0 aliphatic carbocycles. The normalized spacial score (nSPS) is 10.7. The van der Waals surface area contributed by atoms with E-state index in [4.69, 9.17) is 4.74 Å². The number of nitrogens with zero attached hydrogens (tertiary/aromatic N) is 1. The number of carbonyl (C=O) groups excluding carboxylic acids is 1. The molecule has 3 rings (SSSR count). The average molecular weight is 412 g/mol. The molecule has 0 aliphatic heterocycles. The predicted molar refractivity (Wildman–Crippen MR) is 107 cm³/mol. The molecule has 1 heterocycles. The van der Waals surface area contributed by atoms with Crippen molar-refractivity contribution in [3.8, 4) is 0 Å². The molecule has 0 bridgehead atoms. The Morgan fingerprint density at radius 1 is 1.23 bits per heavy atom. The number of rotatable bonds is 5. The highest BCUT2D eigenvalue weighted by Gasteiger charge is 2.17. The third-order valence-electron chi connectivity index (χ3n) is 4.11. The Hall–Kier alpha value is -2.66. The average Bonchev–Trinajstić information content (AvgIpc) is 2.64. The van der Waals surface area contributed by atoms with E-state index < -0.39 is 5.97 Å². The van der Waals surface area contributed by atoms with Crippen LogP contribution in [0.25, 0.3) is 17.0 Å². The molecule has 3 aromatic rings. The van der Waals surface area contributed by atoms with E-state index >= 15 is 0 Å². The van der Waals surface area contributed by atoms with Gasteiger partial charge in [-0.2, -0.15) is 0 Å². The minimum atomic E-state index is -0.602. The third kappa shape index (κ3) is 3.63. The molecule has 0 N–H and O–H groups in total. The Morgan fingerprint density at radius 3 is 2.62 bits per heavy atom. The maximum Gasteiger partial charge on any atom is 0.343 e. The number of fused-ring (bicyclic) bond motifs is 1. The van der Waals surface area contributed by atoms with Gasteiger partial charge in [-0.1, -0.05) is 52.9 Å². The molecule has 0 unspecified atom stereocenters. The highest BCUT2D eigenvalue weighted by Crippen LogP contribution is 2.20. The fourth-order valence-corrected chi connectivity index (χ4v) is 3.17. The van der Waals surface area contributed by atoms with E-state index in [0.29, 0.717) is 11.9 Å². The summed E-state index contributed by atoms with van der Waals surface area (Å²) in [7, 11) is 0. The zero-order valence-electron chi connectivity index (χ0n) is 14.4. The molecule has 0 atom stereocenters. The van der Waals surface area contributed by atoms with Gasteiger partial charge in [-0.15, -0.1) is 0 Å². The van der Waals surface area contributed by atoms with Gasteiger partial charge in [0, 0.05) is 22.6 Å². The second-order valence-corrected chi connectivity index (χ2v) is 6.74. The standard InChI is InChI=1S/C21H18BrNO3/c1-3-14-5-7-15(8-6-14)12-23-13-18(21(25)26-4-2)20(24)17-11-16(22)9-10-19(17)23/h3,5-11,13H,1,4,12H2,2H3. The quantitative estimate of drug-likeness (QED) is 0.574. The molecular weight excluding hydrogens is 394 g/mol. The molecule has 0 amide bonds. The van der Waals surface area contributed by atoms with Gasteiger partial charge in [-0.25, -0.2) is 4.79 Å². The van der Waals surface area contributed by atoms with Crippen molar-refractivity contribution in [2.24, 2.45) is 0 Å². The number of carbonyl (C=O) groups is 1. The SMILES string of the molecule is C=Cc1ccc(Cn2cc(C(=O)OCC)c(=O)c3cc(Br)ccc32)cc1. The summed E-state index contributed by atoms with van der Waals surface area (Å²) >= 11 is 3.39. The fraction of sp³-hybridized carbons (Fsp3) is 0.143. The van der Waals surface area contributed by atoms with Crippen molar-refractivity contribution in [2.75, 3.05) is 6.61 Å². The minimum absolute atomic E-state index is 0.0418. The monoisotopic (exact) mass is 411 g/mol. The Bertz CT molecular complexity index is 1040. The number of aromatic nitrogens is 1. The first-order chi connectivity index (χ1) is 12.5. The van der Waals surface area contributed by atoms with Crippen LogP contribution in [0, 0.1) is 0 Å². The Morgan fingerprint density at radius 2 is 1.96 bits per heavy atom. The van der Waals surface area contributed by atoms with E-state index in [1.54, 1.807) is 25.3 Å². The molecule has 0 aliphatic rings. The summed E-state index contributed by atoms with van der Waals surface area (Å²) in [5, 5.41) is 0.479. The van der Waals surface area contributed by atoms with E-state index in [0.717, 1.165) is 21.1 Å². The van der Waals surface area contributed by atoms with Crippen LogP contribution in [-0.4, -0.2) is 17.1 Å². The summed E-state index contributed by atoms with van der Waals surface area (Å²) < 4.78 is 7.73. The first-order valence-corrected chi connectivity index (χ1v) is 9.04. The van der Waals surface area contributed by atoms with Crippen molar-refractivity contribution in [1.82, 2.24) is 4.57 Å². The van der Waals surface area contributed by atoms with Crippen molar-refractivity contribution in [2.45, 2.75) is 13.5 Å². The van der Waals surface area contributed by atoms with Crippen molar-refractivity contribution in [1.29, 1.82) is 0 Å². The first-order valence-electron chi connectivity index (χ1n) is 8.24. The Labute approximate surface area is 159 Å². The van der Waals surface area contributed by atoms with Gasteiger partial charge >= 0.3 is 5.97 Å². The van der Waals surface area contributed by atoms with Gasteiger partial charge in [0.1, 0.15) is 5.56 Å². The number of hydrogen-bond donors (Lipinski definition) is 0. The molecule has 0 radical (unpaired) electrons. The topological polar surface area (TPSA) is 48.3 Å². The number of esters is 1. The molecule has 26 heavy (non-hydrogen) atoms. The minimum Gasteiger partial charge on any atom is -0.462 e. The van der Waals surface area contributed by atoms with Crippen LogP contribution in [0.1, 0.15) is 28.4 Å². The first kappa shape index (κ1) is 18.1. The van der Waals surface area contributed by atoms with Gasteiger partial charge in [-0.3, -0.25) is 4.79 Å². The lowest BCUT2D eigenvalue weighted by Crippen LogP contribution is -2.21. The Balaban J connectivity index is 2.15. The van der Waals surface area contributed by atoms with Crippen LogP contribution in [0.5, 0.6) is 0 Å². The van der Waals surface area contributed by atoms with E-state index in [9.17, 15) is 9.59 Å². The molecule has 0 spiro atoms. The maximum absolute atomic E-state index is 12.7. The lowest BCUT2D eigenvalue weighted by atomic mass is 10.1. The van der Waals surface area contributed by atoms with E-state index in [1.165, 1.54) is 0 Å². The fourth-order valence-electron chi connectivity index (χ4n) is 2.81. The predicted octanol–water partition coefficient (Wildman–Crippen LogP) is 4.63. The van der Waals surface area contributed by atoms with E-state index in [2.05, 4.69) is 22.5 Å². The van der Waals surface area contributed by atoms with Crippen molar-refractivity contribution >= 4 is 38.9 Å². The Kier molecular flexibility index (Phi) is 5.38. The van der Waals surface area contributed by atoms with Gasteiger partial charge in [0.2, 0.25) is 5.43 Å². The summed E-state index contributed by atoms with van der Waals surface area (Å²) in [5.74, 6) is -0.602. The number of hydrogen-bond acceptors (Lipinski definition) is 3. The summed E-state index contributed by atoms with van der Waals surface area (Å²) in [6.07, 6.45) is 3.37. The van der Waals surface area contributed by atoms with Crippen molar-refractivity contribution in [3.63, 3.8) is 0 Å². The lowest BCUT2D eigenvalue weighted by molar-refractivity contribution is 0.0524. The molecule has 1 aromatic heterocycles. The lowest BCUT2D eigenvalue weighted by Gasteiger charge is -2.14. The number of ether oxygens (including phenoxy) is 1. The second kappa shape index (κ2) is 7.70.